The third kappa shape index (κ3) is 3.85. The Kier molecular flexibility index (Phi) is 6.27. The van der Waals surface area contributed by atoms with E-state index in [0.717, 1.165) is 0 Å². The molecule has 0 atom stereocenters. The van der Waals surface area contributed by atoms with E-state index < -0.39 is 0 Å². The van der Waals surface area contributed by atoms with Gasteiger partial charge < -0.3 is 4.57 Å². The fourth-order valence-corrected chi connectivity index (χ4v) is 2.18. The van der Waals surface area contributed by atoms with E-state index in [4.69, 9.17) is 23.2 Å². The lowest BCUT2D eigenvalue weighted by Crippen LogP contribution is -2.04. The molecular formula is C14H13Cl3N2O. The van der Waals surface area contributed by atoms with E-state index in [1.165, 1.54) is 0 Å². The van der Waals surface area contributed by atoms with E-state index in [9.17, 15) is 4.79 Å². The lowest BCUT2D eigenvalue weighted by atomic mass is 10.0. The first-order chi connectivity index (χ1) is 9.11. The van der Waals surface area contributed by atoms with E-state index in [-0.39, 0.29) is 18.2 Å². The van der Waals surface area contributed by atoms with Crippen molar-refractivity contribution >= 4 is 47.6 Å². The fourth-order valence-electron chi connectivity index (χ4n) is 1.68. The summed E-state index contributed by atoms with van der Waals surface area (Å²) < 4.78 is 1.74. The molecule has 1 aromatic carbocycles. The average Bonchev–Trinajstić information content (AvgIpc) is 2.88. The number of carbonyl (C=O) groups excluding carboxylic acids is 1. The first kappa shape index (κ1) is 16.8. The quantitative estimate of drug-likeness (QED) is 0.599. The van der Waals surface area contributed by atoms with Gasteiger partial charge in [-0.1, -0.05) is 30.1 Å². The lowest BCUT2D eigenvalue weighted by molar-refractivity contribution is 0.103. The van der Waals surface area contributed by atoms with Crippen LogP contribution in [0.2, 0.25) is 10.0 Å². The van der Waals surface area contributed by atoms with Gasteiger partial charge in [0.25, 0.3) is 0 Å². The summed E-state index contributed by atoms with van der Waals surface area (Å²) in [5.74, 6) is -0.0992. The average molecular weight is 332 g/mol. The molecule has 106 valence electrons. The second-order valence-electron chi connectivity index (χ2n) is 3.97. The number of halogens is 3. The summed E-state index contributed by atoms with van der Waals surface area (Å²) in [4.78, 5) is 16.3. The Labute approximate surface area is 133 Å². The molecule has 6 heteroatoms. The molecule has 0 aliphatic heterocycles. The van der Waals surface area contributed by atoms with Gasteiger partial charge in [0, 0.05) is 34.8 Å². The first-order valence-electron chi connectivity index (χ1n) is 5.79. The number of ketones is 1. The van der Waals surface area contributed by atoms with Crippen LogP contribution in [0, 0.1) is 0 Å². The molecular weight excluding hydrogens is 319 g/mol. The Bertz CT molecular complexity index is 621. The van der Waals surface area contributed by atoms with Gasteiger partial charge in [0.15, 0.2) is 5.78 Å². The van der Waals surface area contributed by atoms with Gasteiger partial charge in [-0.25, -0.2) is 4.98 Å². The number of allylic oxidation sites excluding steroid dienone is 1. The van der Waals surface area contributed by atoms with Gasteiger partial charge in [-0.3, -0.25) is 4.79 Å². The number of benzene rings is 1. The van der Waals surface area contributed by atoms with Gasteiger partial charge >= 0.3 is 0 Å². The van der Waals surface area contributed by atoms with E-state index in [1.807, 2.05) is 6.92 Å². The zero-order valence-electron chi connectivity index (χ0n) is 10.7. The molecule has 1 aromatic heterocycles. The maximum atomic E-state index is 12.4. The highest BCUT2D eigenvalue weighted by Crippen LogP contribution is 2.24. The molecule has 0 saturated heterocycles. The summed E-state index contributed by atoms with van der Waals surface area (Å²) in [5.41, 5.74) is 1.11. The van der Waals surface area contributed by atoms with Crippen molar-refractivity contribution in [1.29, 1.82) is 0 Å². The van der Waals surface area contributed by atoms with Crippen molar-refractivity contribution in [2.45, 2.75) is 13.3 Å². The van der Waals surface area contributed by atoms with Crippen LogP contribution in [-0.2, 0) is 0 Å². The van der Waals surface area contributed by atoms with E-state index >= 15 is 0 Å². The van der Waals surface area contributed by atoms with Crippen LogP contribution in [-0.4, -0.2) is 15.3 Å². The molecule has 0 amide bonds. The second kappa shape index (κ2) is 7.48. The zero-order chi connectivity index (χ0) is 13.8. The molecule has 0 fully saturated rings. The molecule has 2 aromatic rings. The number of hydrogen-bond acceptors (Lipinski definition) is 2. The van der Waals surface area contributed by atoms with Crippen LogP contribution in [0.3, 0.4) is 0 Å². The third-order valence-corrected chi connectivity index (χ3v) is 3.23. The maximum Gasteiger partial charge on any atom is 0.191 e. The summed E-state index contributed by atoms with van der Waals surface area (Å²) in [7, 11) is 0. The summed E-state index contributed by atoms with van der Waals surface area (Å²) >= 11 is 11.9. The first-order valence-corrected chi connectivity index (χ1v) is 6.55. The minimum absolute atomic E-state index is 0. The number of rotatable bonds is 4. The maximum absolute atomic E-state index is 12.4. The Morgan fingerprint density at radius 2 is 2.15 bits per heavy atom. The van der Waals surface area contributed by atoms with Gasteiger partial charge in [0.1, 0.15) is 0 Å². The highest BCUT2D eigenvalue weighted by molar-refractivity contribution is 6.37. The molecule has 0 N–H and O–H groups in total. The minimum Gasteiger partial charge on any atom is -0.313 e. The second-order valence-corrected chi connectivity index (χ2v) is 4.81. The normalized spacial score (nSPS) is 11.1. The SMILES string of the molecule is CCC(=Cn1ccnc1)C(=O)c1ccc(Cl)cc1Cl.Cl. The number of Topliss-reactive ketones (excluding diaryl/α,β-unsaturated/α-hetero) is 1. The monoisotopic (exact) mass is 330 g/mol. The molecule has 3 nitrogen and oxygen atoms in total. The number of carbonyl (C=O) groups is 1. The van der Waals surface area contributed by atoms with Crippen molar-refractivity contribution in [3.63, 3.8) is 0 Å². The molecule has 0 unspecified atom stereocenters. The Hall–Kier alpha value is -1.29. The predicted octanol–water partition coefficient (Wildman–Crippen LogP) is 4.75. The van der Waals surface area contributed by atoms with E-state index in [2.05, 4.69) is 4.98 Å². The van der Waals surface area contributed by atoms with Crippen LogP contribution in [0.5, 0.6) is 0 Å². The molecule has 0 aliphatic carbocycles. The predicted molar refractivity (Wildman–Crippen MR) is 84.8 cm³/mol. The van der Waals surface area contributed by atoms with Gasteiger partial charge in [-0.2, -0.15) is 0 Å². The van der Waals surface area contributed by atoms with Crippen LogP contribution in [0.4, 0.5) is 0 Å². The smallest absolute Gasteiger partial charge is 0.191 e. The molecule has 0 bridgehead atoms. The molecule has 2 rings (SSSR count). The van der Waals surface area contributed by atoms with E-state index in [1.54, 1.807) is 47.7 Å². The summed E-state index contributed by atoms with van der Waals surface area (Å²) in [5, 5.41) is 0.876. The standard InChI is InChI=1S/C14H12Cl2N2O.ClH/c1-2-10(8-18-6-5-17-9-18)14(19)12-4-3-11(15)7-13(12)16;/h3-9H,2H2,1H3;1H. The summed E-state index contributed by atoms with van der Waals surface area (Å²) in [6.07, 6.45) is 7.42. The summed E-state index contributed by atoms with van der Waals surface area (Å²) in [6.45, 7) is 1.92. The van der Waals surface area contributed by atoms with Gasteiger partial charge in [0.2, 0.25) is 0 Å². The molecule has 0 saturated carbocycles. The van der Waals surface area contributed by atoms with Gasteiger partial charge in [-0.15, -0.1) is 12.4 Å². The topological polar surface area (TPSA) is 34.9 Å². The Balaban J connectivity index is 0.00000200. The van der Waals surface area contributed by atoms with Crippen LogP contribution in [0.25, 0.3) is 6.20 Å². The van der Waals surface area contributed by atoms with Crippen molar-refractivity contribution in [1.82, 2.24) is 9.55 Å². The van der Waals surface area contributed by atoms with Crippen LogP contribution in [0.15, 0.2) is 42.5 Å². The minimum atomic E-state index is -0.0992. The summed E-state index contributed by atoms with van der Waals surface area (Å²) in [6, 6.07) is 4.87. The van der Waals surface area contributed by atoms with Crippen molar-refractivity contribution < 1.29 is 4.79 Å². The lowest BCUT2D eigenvalue weighted by Gasteiger charge is -2.07. The molecule has 1 heterocycles. The number of aromatic nitrogens is 2. The van der Waals surface area contributed by atoms with Crippen molar-refractivity contribution in [2.24, 2.45) is 0 Å². The van der Waals surface area contributed by atoms with Gasteiger partial charge in [-0.05, 0) is 24.6 Å². The van der Waals surface area contributed by atoms with Crippen LogP contribution < -0.4 is 0 Å². The highest BCUT2D eigenvalue weighted by Gasteiger charge is 2.14. The number of hydrogen-bond donors (Lipinski definition) is 0. The van der Waals surface area contributed by atoms with Crippen LogP contribution >= 0.6 is 35.6 Å². The Morgan fingerprint density at radius 3 is 2.70 bits per heavy atom. The van der Waals surface area contributed by atoms with Crippen molar-refractivity contribution in [3.05, 3.63) is 58.1 Å². The van der Waals surface area contributed by atoms with Crippen molar-refractivity contribution in [3.8, 4) is 0 Å². The number of nitrogens with zero attached hydrogens (tertiary/aromatic N) is 2. The fraction of sp³-hybridized carbons (Fsp3) is 0.143. The third-order valence-electron chi connectivity index (χ3n) is 2.68. The molecule has 20 heavy (non-hydrogen) atoms. The van der Waals surface area contributed by atoms with Crippen LogP contribution in [0.1, 0.15) is 23.7 Å². The molecule has 0 spiro atoms. The van der Waals surface area contributed by atoms with Crippen molar-refractivity contribution in [2.75, 3.05) is 0 Å². The van der Waals surface area contributed by atoms with E-state index in [0.29, 0.717) is 27.6 Å². The largest absolute Gasteiger partial charge is 0.313 e. The molecule has 0 aliphatic rings. The molecule has 0 radical (unpaired) electrons. The Morgan fingerprint density at radius 1 is 1.40 bits per heavy atom. The number of imidazole rings is 1. The highest BCUT2D eigenvalue weighted by atomic mass is 35.5. The van der Waals surface area contributed by atoms with Gasteiger partial charge in [0.05, 0.1) is 11.3 Å². The zero-order valence-corrected chi connectivity index (χ0v) is 13.0.